The van der Waals surface area contributed by atoms with E-state index in [0.717, 1.165) is 9.75 Å². The van der Waals surface area contributed by atoms with E-state index < -0.39 is 23.8 Å². The second kappa shape index (κ2) is 8.90. The van der Waals surface area contributed by atoms with Crippen LogP contribution in [0.2, 0.25) is 0 Å². The molecular weight excluding hydrogens is 369 g/mol. The molecule has 0 unspecified atom stereocenters. The topological polar surface area (TPSA) is 72.5 Å². The average Bonchev–Trinajstić information content (AvgIpc) is 2.94. The normalized spacial score (nSPS) is 11.7. The molecule has 0 fully saturated rings. The number of halogens is 1. The number of carbonyl (C=O) groups is 3. The molecule has 0 saturated heterocycles. The van der Waals surface area contributed by atoms with Crippen molar-refractivity contribution < 1.29 is 23.5 Å². The van der Waals surface area contributed by atoms with Gasteiger partial charge in [-0.15, -0.1) is 11.3 Å². The molecule has 144 valence electrons. The van der Waals surface area contributed by atoms with E-state index in [1.54, 1.807) is 19.1 Å². The predicted molar refractivity (Wildman–Crippen MR) is 103 cm³/mol. The Balaban J connectivity index is 1.83. The zero-order chi connectivity index (χ0) is 20.1. The molecule has 0 aliphatic rings. The van der Waals surface area contributed by atoms with Crippen molar-refractivity contribution >= 4 is 34.7 Å². The van der Waals surface area contributed by atoms with Gasteiger partial charge in [0.15, 0.2) is 11.9 Å². The number of ketones is 1. The molecule has 1 amide bonds. The van der Waals surface area contributed by atoms with Crippen molar-refractivity contribution in [1.29, 1.82) is 0 Å². The fraction of sp³-hybridized carbons (Fsp3) is 0.350. The quantitative estimate of drug-likeness (QED) is 0.563. The highest BCUT2D eigenvalue weighted by atomic mass is 32.1. The molecule has 0 spiro atoms. The highest BCUT2D eigenvalue weighted by Gasteiger charge is 2.20. The molecule has 0 bridgehead atoms. The van der Waals surface area contributed by atoms with Crippen LogP contribution >= 0.6 is 11.3 Å². The van der Waals surface area contributed by atoms with E-state index in [-0.39, 0.29) is 24.3 Å². The van der Waals surface area contributed by atoms with Crippen molar-refractivity contribution in [2.75, 3.05) is 5.32 Å². The fourth-order valence-electron chi connectivity index (χ4n) is 2.48. The Labute approximate surface area is 161 Å². The molecule has 7 heteroatoms. The number of aryl methyl sites for hydroxylation is 3. The molecule has 1 aromatic carbocycles. The van der Waals surface area contributed by atoms with E-state index in [9.17, 15) is 18.8 Å². The van der Waals surface area contributed by atoms with Crippen LogP contribution in [-0.2, 0) is 14.3 Å². The van der Waals surface area contributed by atoms with Gasteiger partial charge in [0.25, 0.3) is 5.91 Å². The summed E-state index contributed by atoms with van der Waals surface area (Å²) in [6.45, 7) is 6.82. The molecule has 5 nitrogen and oxygen atoms in total. The number of ether oxygens (including phenoxy) is 1. The first-order valence-electron chi connectivity index (χ1n) is 8.54. The highest BCUT2D eigenvalue weighted by molar-refractivity contribution is 7.12. The number of esters is 1. The maximum Gasteiger partial charge on any atom is 0.307 e. The fourth-order valence-corrected chi connectivity index (χ4v) is 3.42. The second-order valence-electron chi connectivity index (χ2n) is 6.34. The number of amides is 1. The molecule has 0 radical (unpaired) electrons. The van der Waals surface area contributed by atoms with Crippen molar-refractivity contribution in [3.63, 3.8) is 0 Å². The van der Waals surface area contributed by atoms with E-state index in [0.29, 0.717) is 11.1 Å². The molecule has 0 aliphatic carbocycles. The van der Waals surface area contributed by atoms with Crippen LogP contribution < -0.4 is 5.32 Å². The van der Waals surface area contributed by atoms with E-state index >= 15 is 0 Å². The third kappa shape index (κ3) is 5.72. The zero-order valence-electron chi connectivity index (χ0n) is 15.7. The monoisotopic (exact) mass is 391 g/mol. The number of rotatable bonds is 7. The minimum Gasteiger partial charge on any atom is -0.453 e. The van der Waals surface area contributed by atoms with Gasteiger partial charge >= 0.3 is 5.97 Å². The van der Waals surface area contributed by atoms with Gasteiger partial charge in [0.2, 0.25) is 0 Å². The Morgan fingerprint density at radius 3 is 2.44 bits per heavy atom. The largest absolute Gasteiger partial charge is 0.453 e. The summed E-state index contributed by atoms with van der Waals surface area (Å²) >= 11 is 1.53. The number of carbonyl (C=O) groups excluding carboxylic acids is 3. The summed E-state index contributed by atoms with van der Waals surface area (Å²) in [5.74, 6) is -1.76. The Hall–Kier alpha value is -2.54. The van der Waals surface area contributed by atoms with Crippen LogP contribution in [0.15, 0.2) is 24.3 Å². The number of anilines is 1. The lowest BCUT2D eigenvalue weighted by molar-refractivity contribution is -0.153. The van der Waals surface area contributed by atoms with Crippen molar-refractivity contribution in [3.05, 3.63) is 51.0 Å². The number of thiophene rings is 1. The molecule has 27 heavy (non-hydrogen) atoms. The number of nitrogens with one attached hydrogen (secondary N) is 1. The number of hydrogen-bond acceptors (Lipinski definition) is 5. The van der Waals surface area contributed by atoms with Crippen LogP contribution in [0.4, 0.5) is 10.1 Å². The number of benzene rings is 1. The summed E-state index contributed by atoms with van der Waals surface area (Å²) in [5.41, 5.74) is 1.37. The number of hydrogen-bond donors (Lipinski definition) is 1. The molecule has 1 atom stereocenters. The summed E-state index contributed by atoms with van der Waals surface area (Å²) in [5, 5.41) is 2.49. The highest BCUT2D eigenvalue weighted by Crippen LogP contribution is 2.22. The molecule has 2 aromatic rings. The first-order valence-corrected chi connectivity index (χ1v) is 9.35. The van der Waals surface area contributed by atoms with Crippen molar-refractivity contribution in [1.82, 2.24) is 0 Å². The minimum absolute atomic E-state index is 0.0212. The van der Waals surface area contributed by atoms with Gasteiger partial charge in [0.1, 0.15) is 5.82 Å². The lowest BCUT2D eigenvalue weighted by Gasteiger charge is -2.13. The zero-order valence-corrected chi connectivity index (χ0v) is 16.5. The van der Waals surface area contributed by atoms with Crippen LogP contribution in [0.3, 0.4) is 0 Å². The summed E-state index contributed by atoms with van der Waals surface area (Å²) < 4.78 is 18.6. The van der Waals surface area contributed by atoms with Gasteiger partial charge in [-0.1, -0.05) is 6.07 Å². The van der Waals surface area contributed by atoms with Crippen LogP contribution in [0.25, 0.3) is 0 Å². The molecule has 0 saturated carbocycles. The molecule has 2 rings (SSSR count). The van der Waals surface area contributed by atoms with E-state index in [2.05, 4.69) is 5.32 Å². The van der Waals surface area contributed by atoms with Crippen LogP contribution in [0.5, 0.6) is 0 Å². The van der Waals surface area contributed by atoms with Crippen LogP contribution in [0, 0.1) is 26.6 Å². The molecule has 1 aromatic heterocycles. The lowest BCUT2D eigenvalue weighted by Crippen LogP contribution is -2.30. The van der Waals surface area contributed by atoms with Gasteiger partial charge in [-0.25, -0.2) is 4.39 Å². The van der Waals surface area contributed by atoms with Gasteiger partial charge in [-0.2, -0.15) is 0 Å². The van der Waals surface area contributed by atoms with Gasteiger partial charge in [-0.05, 0) is 51.5 Å². The Morgan fingerprint density at radius 2 is 1.85 bits per heavy atom. The summed E-state index contributed by atoms with van der Waals surface area (Å²) in [6, 6.07) is 6.12. The SMILES string of the molecule is Cc1cc(C(=O)CCC(=O)O[C@@H](C)C(=O)Nc2ccc(C)c(F)c2)c(C)s1. The third-order valence-corrected chi connectivity index (χ3v) is 4.98. The Kier molecular flexibility index (Phi) is 6.85. The van der Waals surface area contributed by atoms with Crippen LogP contribution in [0.1, 0.15) is 45.4 Å². The van der Waals surface area contributed by atoms with Crippen molar-refractivity contribution in [2.24, 2.45) is 0 Å². The molecule has 0 aliphatic heterocycles. The van der Waals surface area contributed by atoms with E-state index in [1.807, 2.05) is 19.9 Å². The predicted octanol–water partition coefficient (Wildman–Crippen LogP) is 4.35. The summed E-state index contributed by atoms with van der Waals surface area (Å²) in [4.78, 5) is 38.1. The van der Waals surface area contributed by atoms with Gasteiger partial charge in [0.05, 0.1) is 6.42 Å². The smallest absolute Gasteiger partial charge is 0.307 e. The third-order valence-electron chi connectivity index (χ3n) is 4.01. The first kappa shape index (κ1) is 20.8. The van der Waals surface area contributed by atoms with E-state index in [1.165, 1.54) is 24.3 Å². The standard InChI is InChI=1S/C20H22FNO4S/c1-11-5-6-15(10-17(11)21)22-20(25)13(3)26-19(24)8-7-18(23)16-9-12(2)27-14(16)4/h5-6,9-10,13H,7-8H2,1-4H3,(H,22,25)/t13-/m0/s1. The van der Waals surface area contributed by atoms with Gasteiger partial charge in [0, 0.05) is 27.4 Å². The maximum atomic E-state index is 13.5. The maximum absolute atomic E-state index is 13.5. The average molecular weight is 391 g/mol. The first-order chi connectivity index (χ1) is 12.7. The lowest BCUT2D eigenvalue weighted by atomic mass is 10.1. The summed E-state index contributed by atoms with van der Waals surface area (Å²) in [6.07, 6.45) is -1.14. The Bertz CT molecular complexity index is 875. The molecule has 1 N–H and O–H groups in total. The molecule has 1 heterocycles. The van der Waals surface area contributed by atoms with E-state index in [4.69, 9.17) is 4.74 Å². The van der Waals surface area contributed by atoms with Crippen molar-refractivity contribution in [3.8, 4) is 0 Å². The number of Topliss-reactive ketones (excluding diaryl/α,β-unsaturated/α-hetero) is 1. The Morgan fingerprint density at radius 1 is 1.15 bits per heavy atom. The summed E-state index contributed by atoms with van der Waals surface area (Å²) in [7, 11) is 0. The minimum atomic E-state index is -1.05. The second-order valence-corrected chi connectivity index (χ2v) is 7.80. The van der Waals surface area contributed by atoms with Crippen LogP contribution in [-0.4, -0.2) is 23.8 Å². The van der Waals surface area contributed by atoms with Crippen molar-refractivity contribution in [2.45, 2.75) is 46.6 Å². The van der Waals surface area contributed by atoms with Gasteiger partial charge < -0.3 is 10.1 Å². The molecular formula is C20H22FNO4S. The van der Waals surface area contributed by atoms with Gasteiger partial charge in [-0.3, -0.25) is 14.4 Å².